The maximum absolute atomic E-state index is 12.8. The SMILES string of the molecule is COc1cc(C(=O)Nc2ccnn2Cc2cccc(C)c2)c([N+](=O)[O-])cc1OC. The molecule has 0 aliphatic heterocycles. The molecule has 0 aliphatic rings. The molecule has 9 nitrogen and oxygen atoms in total. The van der Waals surface area contributed by atoms with Gasteiger partial charge in [-0.3, -0.25) is 14.9 Å². The van der Waals surface area contributed by atoms with Crippen LogP contribution in [-0.4, -0.2) is 34.8 Å². The molecule has 0 spiro atoms. The zero-order chi connectivity index (χ0) is 21.0. The van der Waals surface area contributed by atoms with Crippen molar-refractivity contribution in [3.05, 3.63) is 75.5 Å². The number of ether oxygens (including phenoxy) is 2. The summed E-state index contributed by atoms with van der Waals surface area (Å²) in [6.45, 7) is 2.43. The molecular weight excluding hydrogens is 376 g/mol. The van der Waals surface area contributed by atoms with Gasteiger partial charge in [0.2, 0.25) is 0 Å². The van der Waals surface area contributed by atoms with E-state index in [0.717, 1.165) is 17.2 Å². The fraction of sp³-hybridized carbons (Fsp3) is 0.200. The molecule has 1 amide bonds. The van der Waals surface area contributed by atoms with Crippen molar-refractivity contribution in [3.8, 4) is 11.5 Å². The zero-order valence-corrected chi connectivity index (χ0v) is 16.2. The number of nitrogens with zero attached hydrogens (tertiary/aromatic N) is 3. The van der Waals surface area contributed by atoms with E-state index >= 15 is 0 Å². The van der Waals surface area contributed by atoms with E-state index in [0.29, 0.717) is 12.4 Å². The molecule has 0 unspecified atom stereocenters. The molecule has 1 N–H and O–H groups in total. The van der Waals surface area contributed by atoms with Crippen LogP contribution in [0.1, 0.15) is 21.5 Å². The number of carbonyl (C=O) groups excluding carboxylic acids is 1. The summed E-state index contributed by atoms with van der Waals surface area (Å²) in [5, 5.41) is 18.4. The molecule has 150 valence electrons. The Bertz CT molecular complexity index is 1060. The summed E-state index contributed by atoms with van der Waals surface area (Å²) < 4.78 is 11.9. The normalized spacial score (nSPS) is 10.4. The van der Waals surface area contributed by atoms with Gasteiger partial charge in [-0.25, -0.2) is 4.68 Å². The molecule has 0 fully saturated rings. The van der Waals surface area contributed by atoms with Crippen molar-refractivity contribution in [3.63, 3.8) is 0 Å². The van der Waals surface area contributed by atoms with Crippen molar-refractivity contribution in [2.24, 2.45) is 0 Å². The highest BCUT2D eigenvalue weighted by Crippen LogP contribution is 2.34. The van der Waals surface area contributed by atoms with Crippen molar-refractivity contribution in [1.29, 1.82) is 0 Å². The van der Waals surface area contributed by atoms with Crippen LogP contribution in [0.15, 0.2) is 48.7 Å². The lowest BCUT2D eigenvalue weighted by Gasteiger charge is -2.12. The molecule has 1 heterocycles. The molecule has 0 radical (unpaired) electrons. The number of rotatable bonds is 7. The summed E-state index contributed by atoms with van der Waals surface area (Å²) in [5.74, 6) is 0.154. The molecule has 1 aromatic heterocycles. The number of methoxy groups -OCH3 is 2. The van der Waals surface area contributed by atoms with Gasteiger partial charge in [-0.2, -0.15) is 5.10 Å². The second-order valence-corrected chi connectivity index (χ2v) is 6.30. The van der Waals surface area contributed by atoms with Crippen LogP contribution in [0.4, 0.5) is 11.5 Å². The Labute approximate surface area is 167 Å². The number of carbonyl (C=O) groups is 1. The highest BCUT2D eigenvalue weighted by Gasteiger charge is 2.25. The number of benzene rings is 2. The minimum absolute atomic E-state index is 0.143. The third-order valence-electron chi connectivity index (χ3n) is 4.32. The van der Waals surface area contributed by atoms with Crippen molar-refractivity contribution >= 4 is 17.4 Å². The number of anilines is 1. The standard InChI is InChI=1S/C20H20N4O5/c1-13-5-4-6-14(9-13)12-23-19(7-8-21-23)22-20(25)15-10-17(28-2)18(29-3)11-16(15)24(26)27/h4-11H,12H2,1-3H3,(H,22,25). The quantitative estimate of drug-likeness (QED) is 0.484. The lowest BCUT2D eigenvalue weighted by molar-refractivity contribution is -0.385. The Morgan fingerprint density at radius 2 is 1.90 bits per heavy atom. The van der Waals surface area contributed by atoms with Crippen LogP contribution in [0.2, 0.25) is 0 Å². The summed E-state index contributed by atoms with van der Waals surface area (Å²) in [6, 6.07) is 12.0. The molecule has 0 aliphatic carbocycles. The first-order valence-electron chi connectivity index (χ1n) is 8.72. The van der Waals surface area contributed by atoms with Gasteiger partial charge in [0, 0.05) is 12.1 Å². The van der Waals surface area contributed by atoms with Gasteiger partial charge >= 0.3 is 0 Å². The van der Waals surface area contributed by atoms with Gasteiger partial charge in [-0.05, 0) is 12.5 Å². The molecule has 0 saturated heterocycles. The summed E-state index contributed by atoms with van der Waals surface area (Å²) in [5.41, 5.74) is 1.60. The number of nitro benzene ring substituents is 1. The number of aryl methyl sites for hydroxylation is 1. The summed E-state index contributed by atoms with van der Waals surface area (Å²) >= 11 is 0. The van der Waals surface area contributed by atoms with Gasteiger partial charge in [-0.15, -0.1) is 0 Å². The Kier molecular flexibility index (Phi) is 5.77. The molecule has 3 rings (SSSR count). The highest BCUT2D eigenvalue weighted by molar-refractivity contribution is 6.07. The number of amides is 1. The van der Waals surface area contributed by atoms with E-state index in [2.05, 4.69) is 10.4 Å². The topological polar surface area (TPSA) is 109 Å². The fourth-order valence-corrected chi connectivity index (χ4v) is 2.93. The fourth-order valence-electron chi connectivity index (χ4n) is 2.93. The average molecular weight is 396 g/mol. The van der Waals surface area contributed by atoms with E-state index in [-0.39, 0.29) is 22.7 Å². The molecule has 29 heavy (non-hydrogen) atoms. The number of hydrogen-bond acceptors (Lipinski definition) is 6. The molecule has 0 bridgehead atoms. The first kappa shape index (κ1) is 19.9. The van der Waals surface area contributed by atoms with E-state index in [1.807, 2.05) is 31.2 Å². The zero-order valence-electron chi connectivity index (χ0n) is 16.2. The second-order valence-electron chi connectivity index (χ2n) is 6.30. The van der Waals surface area contributed by atoms with E-state index in [4.69, 9.17) is 9.47 Å². The van der Waals surface area contributed by atoms with Crippen LogP contribution in [0.25, 0.3) is 0 Å². The van der Waals surface area contributed by atoms with Gasteiger partial charge in [0.05, 0.1) is 38.0 Å². The molecule has 9 heteroatoms. The maximum atomic E-state index is 12.8. The first-order valence-corrected chi connectivity index (χ1v) is 8.72. The molecule has 0 saturated carbocycles. The van der Waals surface area contributed by atoms with Crippen molar-refractivity contribution in [2.75, 3.05) is 19.5 Å². The third kappa shape index (κ3) is 4.34. The van der Waals surface area contributed by atoms with Crippen molar-refractivity contribution in [1.82, 2.24) is 9.78 Å². The lowest BCUT2D eigenvalue weighted by Crippen LogP contribution is -2.17. The van der Waals surface area contributed by atoms with Crippen molar-refractivity contribution in [2.45, 2.75) is 13.5 Å². The predicted molar refractivity (Wildman–Crippen MR) is 107 cm³/mol. The lowest BCUT2D eigenvalue weighted by atomic mass is 10.1. The summed E-state index contributed by atoms with van der Waals surface area (Å²) in [7, 11) is 2.76. The average Bonchev–Trinajstić information content (AvgIpc) is 3.13. The smallest absolute Gasteiger partial charge is 0.286 e. The number of aromatic nitrogens is 2. The molecule has 0 atom stereocenters. The predicted octanol–water partition coefficient (Wildman–Crippen LogP) is 3.42. The Hall–Kier alpha value is -3.88. The minimum Gasteiger partial charge on any atom is -0.493 e. The maximum Gasteiger partial charge on any atom is 0.286 e. The Balaban J connectivity index is 1.90. The highest BCUT2D eigenvalue weighted by atomic mass is 16.6. The minimum atomic E-state index is -0.649. The van der Waals surface area contributed by atoms with Crippen LogP contribution in [0, 0.1) is 17.0 Å². The number of nitrogens with one attached hydrogen (secondary N) is 1. The largest absolute Gasteiger partial charge is 0.493 e. The van der Waals surface area contributed by atoms with Gasteiger partial charge in [0.15, 0.2) is 11.5 Å². The van der Waals surface area contributed by atoms with Crippen LogP contribution in [-0.2, 0) is 6.54 Å². The van der Waals surface area contributed by atoms with Crippen molar-refractivity contribution < 1.29 is 19.2 Å². The van der Waals surface area contributed by atoms with Crippen LogP contribution in [0.5, 0.6) is 11.5 Å². The van der Waals surface area contributed by atoms with Gasteiger partial charge in [-0.1, -0.05) is 29.8 Å². The monoisotopic (exact) mass is 396 g/mol. The van der Waals surface area contributed by atoms with E-state index < -0.39 is 10.8 Å². The Morgan fingerprint density at radius 3 is 2.55 bits per heavy atom. The van der Waals surface area contributed by atoms with Crippen LogP contribution < -0.4 is 14.8 Å². The van der Waals surface area contributed by atoms with E-state index in [1.165, 1.54) is 20.3 Å². The van der Waals surface area contributed by atoms with Gasteiger partial charge < -0.3 is 14.8 Å². The van der Waals surface area contributed by atoms with Gasteiger partial charge in [0.25, 0.3) is 11.6 Å². The van der Waals surface area contributed by atoms with E-state index in [9.17, 15) is 14.9 Å². The second kappa shape index (κ2) is 8.42. The molecule has 2 aromatic carbocycles. The third-order valence-corrected chi connectivity index (χ3v) is 4.32. The number of hydrogen-bond donors (Lipinski definition) is 1. The summed E-state index contributed by atoms with van der Waals surface area (Å²) in [4.78, 5) is 23.6. The summed E-state index contributed by atoms with van der Waals surface area (Å²) in [6.07, 6.45) is 1.55. The van der Waals surface area contributed by atoms with Gasteiger partial charge in [0.1, 0.15) is 11.4 Å². The van der Waals surface area contributed by atoms with E-state index in [1.54, 1.807) is 16.9 Å². The van der Waals surface area contributed by atoms with Crippen LogP contribution in [0.3, 0.4) is 0 Å². The first-order chi connectivity index (χ1) is 13.9. The number of nitro groups is 1. The Morgan fingerprint density at radius 1 is 1.17 bits per heavy atom. The molecular formula is C20H20N4O5. The molecule has 3 aromatic rings. The van der Waals surface area contributed by atoms with Crippen LogP contribution >= 0.6 is 0 Å².